The fraction of sp³-hybridized carbons (Fsp3) is 0.250. The van der Waals surface area contributed by atoms with Crippen LogP contribution in [0.4, 0.5) is 15.8 Å². The molecule has 3 N–H and O–H groups in total. The molecule has 2 rings (SSSR count). The van der Waals surface area contributed by atoms with Crippen molar-refractivity contribution < 1.29 is 8.81 Å². The molecule has 0 saturated carbocycles. The lowest BCUT2D eigenvalue weighted by Crippen LogP contribution is -2.03. The van der Waals surface area contributed by atoms with Crippen molar-refractivity contribution in [2.45, 2.75) is 20.4 Å². The Kier molecular flexibility index (Phi) is 3.43. The molecule has 0 saturated heterocycles. The summed E-state index contributed by atoms with van der Waals surface area (Å²) in [5, 5.41) is 3.03. The minimum Gasteiger partial charge on any atom is -0.444 e. The second-order valence-electron chi connectivity index (χ2n) is 3.96. The van der Waals surface area contributed by atoms with Crippen LogP contribution >= 0.6 is 11.6 Å². The zero-order valence-corrected chi connectivity index (χ0v) is 10.8. The Bertz CT molecular complexity index is 563. The van der Waals surface area contributed by atoms with E-state index in [0.717, 1.165) is 11.5 Å². The summed E-state index contributed by atoms with van der Waals surface area (Å²) in [5.41, 5.74) is 7.36. The minimum atomic E-state index is -0.539. The molecule has 0 bridgehead atoms. The number of oxazole rings is 1. The predicted molar refractivity (Wildman–Crippen MR) is 69.1 cm³/mol. The molecule has 0 unspecified atom stereocenters. The summed E-state index contributed by atoms with van der Waals surface area (Å²) in [6.07, 6.45) is 0. The van der Waals surface area contributed by atoms with Crippen molar-refractivity contribution in [1.82, 2.24) is 4.98 Å². The van der Waals surface area contributed by atoms with Gasteiger partial charge >= 0.3 is 0 Å². The summed E-state index contributed by atoms with van der Waals surface area (Å²) in [7, 11) is 0. The van der Waals surface area contributed by atoms with E-state index in [1.54, 1.807) is 0 Å². The van der Waals surface area contributed by atoms with Crippen LogP contribution < -0.4 is 11.1 Å². The average Bonchev–Trinajstić information content (AvgIpc) is 2.62. The van der Waals surface area contributed by atoms with Gasteiger partial charge in [0.05, 0.1) is 28.6 Å². The van der Waals surface area contributed by atoms with Gasteiger partial charge in [0.2, 0.25) is 5.89 Å². The first-order chi connectivity index (χ1) is 8.47. The monoisotopic (exact) mass is 269 g/mol. The molecule has 96 valence electrons. The van der Waals surface area contributed by atoms with Gasteiger partial charge in [-0.1, -0.05) is 11.6 Å². The van der Waals surface area contributed by atoms with Crippen LogP contribution in [0, 0.1) is 19.7 Å². The van der Waals surface area contributed by atoms with Crippen molar-refractivity contribution in [3.05, 3.63) is 40.3 Å². The second-order valence-corrected chi connectivity index (χ2v) is 4.36. The number of aryl methyl sites for hydroxylation is 2. The van der Waals surface area contributed by atoms with Gasteiger partial charge in [0.25, 0.3) is 0 Å². The SMILES string of the molecule is Cc1nc(CNc2cc(Cl)c(F)cc2N)oc1C. The number of hydrogen-bond acceptors (Lipinski definition) is 4. The molecule has 2 aromatic rings. The standard InChI is InChI=1S/C12H13ClFN3O/c1-6-7(2)18-12(17-6)5-16-11-3-8(13)9(14)4-10(11)15/h3-4,16H,5,15H2,1-2H3. The Morgan fingerprint density at radius 3 is 2.78 bits per heavy atom. The number of rotatable bonds is 3. The van der Waals surface area contributed by atoms with Gasteiger partial charge in [-0.05, 0) is 19.9 Å². The number of nitrogens with zero attached hydrogens (tertiary/aromatic N) is 1. The Labute approximate surface area is 109 Å². The second kappa shape index (κ2) is 4.86. The van der Waals surface area contributed by atoms with Crippen LogP contribution in [0.3, 0.4) is 0 Å². The lowest BCUT2D eigenvalue weighted by Gasteiger charge is -2.08. The highest BCUT2D eigenvalue weighted by Crippen LogP contribution is 2.26. The number of nitrogen functional groups attached to an aromatic ring is 1. The third kappa shape index (κ3) is 2.56. The molecule has 4 nitrogen and oxygen atoms in total. The van der Waals surface area contributed by atoms with E-state index in [1.807, 2.05) is 13.8 Å². The third-order valence-corrected chi connectivity index (χ3v) is 2.88. The van der Waals surface area contributed by atoms with Crippen LogP contribution in [-0.4, -0.2) is 4.98 Å². The first-order valence-electron chi connectivity index (χ1n) is 5.38. The fourth-order valence-corrected chi connectivity index (χ4v) is 1.66. The summed E-state index contributed by atoms with van der Waals surface area (Å²) in [6, 6.07) is 2.62. The number of nitrogens with two attached hydrogens (primary N) is 1. The number of anilines is 2. The molecule has 0 atom stereocenters. The maximum atomic E-state index is 13.1. The largest absolute Gasteiger partial charge is 0.444 e. The Morgan fingerprint density at radius 1 is 1.44 bits per heavy atom. The molecule has 1 heterocycles. The van der Waals surface area contributed by atoms with E-state index in [0.29, 0.717) is 18.1 Å². The van der Waals surface area contributed by atoms with Crippen molar-refractivity contribution in [1.29, 1.82) is 0 Å². The average molecular weight is 270 g/mol. The summed E-state index contributed by atoms with van der Waals surface area (Å²) < 4.78 is 18.5. The van der Waals surface area contributed by atoms with E-state index in [4.69, 9.17) is 21.8 Å². The van der Waals surface area contributed by atoms with E-state index in [1.165, 1.54) is 12.1 Å². The Balaban J connectivity index is 2.13. The van der Waals surface area contributed by atoms with Crippen LogP contribution in [0.5, 0.6) is 0 Å². The maximum absolute atomic E-state index is 13.1. The molecule has 0 aliphatic carbocycles. The van der Waals surface area contributed by atoms with Crippen molar-refractivity contribution in [2.75, 3.05) is 11.1 Å². The molecule has 0 fully saturated rings. The summed E-state index contributed by atoms with van der Waals surface area (Å²) in [4.78, 5) is 4.22. The van der Waals surface area contributed by atoms with E-state index >= 15 is 0 Å². The molecule has 0 aliphatic rings. The lowest BCUT2D eigenvalue weighted by atomic mass is 10.2. The predicted octanol–water partition coefficient (Wildman–Crippen LogP) is 3.28. The van der Waals surface area contributed by atoms with Gasteiger partial charge in [-0.25, -0.2) is 9.37 Å². The molecule has 0 aliphatic heterocycles. The van der Waals surface area contributed by atoms with Crippen LogP contribution in [0.1, 0.15) is 17.3 Å². The van der Waals surface area contributed by atoms with Crippen molar-refractivity contribution >= 4 is 23.0 Å². The van der Waals surface area contributed by atoms with Gasteiger partial charge in [0.1, 0.15) is 11.6 Å². The molecular formula is C12H13ClFN3O. The molecule has 6 heteroatoms. The Hall–Kier alpha value is -1.75. The molecule has 0 radical (unpaired) electrons. The number of benzene rings is 1. The van der Waals surface area contributed by atoms with Gasteiger partial charge in [-0.15, -0.1) is 0 Å². The number of halogens is 2. The summed E-state index contributed by atoms with van der Waals surface area (Å²) >= 11 is 5.69. The number of aromatic nitrogens is 1. The minimum absolute atomic E-state index is 0.0199. The summed E-state index contributed by atoms with van der Waals surface area (Å²) in [5.74, 6) is 0.782. The van der Waals surface area contributed by atoms with Gasteiger partial charge in [-0.3, -0.25) is 0 Å². The van der Waals surface area contributed by atoms with Gasteiger partial charge in [-0.2, -0.15) is 0 Å². The van der Waals surface area contributed by atoms with Gasteiger partial charge in [0.15, 0.2) is 0 Å². The number of hydrogen-bond donors (Lipinski definition) is 2. The van der Waals surface area contributed by atoms with Gasteiger partial charge < -0.3 is 15.5 Å². The van der Waals surface area contributed by atoms with E-state index in [2.05, 4.69) is 10.3 Å². The molecule has 1 aromatic heterocycles. The van der Waals surface area contributed by atoms with E-state index < -0.39 is 5.82 Å². The van der Waals surface area contributed by atoms with E-state index in [-0.39, 0.29) is 10.7 Å². The third-order valence-electron chi connectivity index (χ3n) is 2.60. The topological polar surface area (TPSA) is 64.1 Å². The van der Waals surface area contributed by atoms with Crippen molar-refractivity contribution in [2.24, 2.45) is 0 Å². The summed E-state index contributed by atoms with van der Waals surface area (Å²) in [6.45, 7) is 4.07. The molecule has 18 heavy (non-hydrogen) atoms. The van der Waals surface area contributed by atoms with Crippen molar-refractivity contribution in [3.8, 4) is 0 Å². The van der Waals surface area contributed by atoms with Crippen LogP contribution in [-0.2, 0) is 6.54 Å². The highest BCUT2D eigenvalue weighted by atomic mass is 35.5. The molecule has 1 aromatic carbocycles. The molecule has 0 amide bonds. The van der Waals surface area contributed by atoms with Crippen LogP contribution in [0.15, 0.2) is 16.5 Å². The van der Waals surface area contributed by atoms with E-state index in [9.17, 15) is 4.39 Å². The highest BCUT2D eigenvalue weighted by molar-refractivity contribution is 6.31. The lowest BCUT2D eigenvalue weighted by molar-refractivity contribution is 0.478. The quantitative estimate of drug-likeness (QED) is 0.840. The normalized spacial score (nSPS) is 10.7. The van der Waals surface area contributed by atoms with Crippen LogP contribution in [0.2, 0.25) is 5.02 Å². The van der Waals surface area contributed by atoms with Crippen LogP contribution in [0.25, 0.3) is 0 Å². The zero-order chi connectivity index (χ0) is 13.3. The maximum Gasteiger partial charge on any atom is 0.213 e. The first kappa shape index (κ1) is 12.7. The number of nitrogens with one attached hydrogen (secondary N) is 1. The molecule has 0 spiro atoms. The smallest absolute Gasteiger partial charge is 0.213 e. The fourth-order valence-electron chi connectivity index (χ4n) is 1.50. The molecular weight excluding hydrogens is 257 g/mol. The first-order valence-corrected chi connectivity index (χ1v) is 5.76. The Morgan fingerprint density at radius 2 is 2.17 bits per heavy atom. The van der Waals surface area contributed by atoms with Gasteiger partial charge in [0, 0.05) is 6.07 Å². The van der Waals surface area contributed by atoms with Crippen molar-refractivity contribution in [3.63, 3.8) is 0 Å². The highest BCUT2D eigenvalue weighted by Gasteiger charge is 2.08. The zero-order valence-electron chi connectivity index (χ0n) is 10.1.